The molecular weight excluding hydrogens is 179 g/mol. The average Bonchev–Trinajstić information content (AvgIpc) is 2.15. The van der Waals surface area contributed by atoms with E-state index in [1.807, 2.05) is 7.05 Å². The van der Waals surface area contributed by atoms with Crippen LogP contribution >= 0.6 is 0 Å². The highest BCUT2D eigenvalue weighted by Crippen LogP contribution is 2.22. The Kier molecular flexibility index (Phi) is 4.01. The molecule has 78 valence electrons. The lowest BCUT2D eigenvalue weighted by molar-refractivity contribution is 0.439. The summed E-state index contributed by atoms with van der Waals surface area (Å²) in [5, 5.41) is 3.12. The van der Waals surface area contributed by atoms with E-state index in [0.29, 0.717) is 11.5 Å². The lowest BCUT2D eigenvalue weighted by Crippen LogP contribution is -2.19. The van der Waals surface area contributed by atoms with E-state index in [1.54, 1.807) is 12.3 Å². The summed E-state index contributed by atoms with van der Waals surface area (Å²) in [6, 6.07) is 1.82. The summed E-state index contributed by atoms with van der Waals surface area (Å²) in [5.74, 6) is 0.313. The number of nitrogens with one attached hydrogen (secondary N) is 1. The largest absolute Gasteiger partial charge is 0.313 e. The molecule has 0 amide bonds. The molecule has 0 saturated heterocycles. The zero-order chi connectivity index (χ0) is 10.6. The highest BCUT2D eigenvalue weighted by molar-refractivity contribution is 5.17. The van der Waals surface area contributed by atoms with Crippen molar-refractivity contribution in [2.75, 3.05) is 7.05 Å². The number of rotatable bonds is 4. The third-order valence-electron chi connectivity index (χ3n) is 2.23. The Morgan fingerprint density at radius 1 is 1.50 bits per heavy atom. The monoisotopic (exact) mass is 196 g/mol. The molecule has 0 fully saturated rings. The summed E-state index contributed by atoms with van der Waals surface area (Å²) < 4.78 is 13.4. The maximum atomic E-state index is 13.4. The first-order chi connectivity index (χ1) is 6.65. The Balaban J connectivity index is 2.83. The van der Waals surface area contributed by atoms with E-state index in [1.165, 1.54) is 6.20 Å². The summed E-state index contributed by atoms with van der Waals surface area (Å²) in [6.45, 7) is 4.26. The van der Waals surface area contributed by atoms with Crippen LogP contribution < -0.4 is 5.32 Å². The molecule has 14 heavy (non-hydrogen) atoms. The molecule has 0 bridgehead atoms. The Labute approximate surface area is 84.6 Å². The van der Waals surface area contributed by atoms with Crippen molar-refractivity contribution in [3.8, 4) is 0 Å². The number of nitrogens with zero attached hydrogens (tertiary/aromatic N) is 1. The minimum Gasteiger partial charge on any atom is -0.313 e. The normalized spacial score (nSPS) is 13.2. The zero-order valence-corrected chi connectivity index (χ0v) is 8.92. The quantitative estimate of drug-likeness (QED) is 0.800. The van der Waals surface area contributed by atoms with Gasteiger partial charge in [0.15, 0.2) is 0 Å². The third-order valence-corrected chi connectivity index (χ3v) is 2.23. The summed E-state index contributed by atoms with van der Waals surface area (Å²) in [6.07, 6.45) is 3.82. The molecule has 1 atom stereocenters. The second-order valence-electron chi connectivity index (χ2n) is 3.87. The molecule has 1 aromatic rings. The van der Waals surface area contributed by atoms with E-state index in [9.17, 15) is 4.39 Å². The topological polar surface area (TPSA) is 24.9 Å². The molecule has 0 saturated carbocycles. The average molecular weight is 196 g/mol. The van der Waals surface area contributed by atoms with Gasteiger partial charge in [0.05, 0.1) is 6.20 Å². The predicted octanol–water partition coefficient (Wildman–Crippen LogP) is 2.53. The Morgan fingerprint density at radius 2 is 2.21 bits per heavy atom. The molecule has 1 heterocycles. The van der Waals surface area contributed by atoms with Gasteiger partial charge in [-0.1, -0.05) is 13.8 Å². The molecule has 0 spiro atoms. The van der Waals surface area contributed by atoms with Gasteiger partial charge < -0.3 is 5.32 Å². The molecule has 2 nitrogen and oxygen atoms in total. The lowest BCUT2D eigenvalue weighted by atomic mass is 9.98. The molecule has 0 aliphatic rings. The van der Waals surface area contributed by atoms with Crippen LogP contribution in [-0.2, 0) is 0 Å². The van der Waals surface area contributed by atoms with Crippen LogP contribution in [-0.4, -0.2) is 12.0 Å². The summed E-state index contributed by atoms with van der Waals surface area (Å²) in [7, 11) is 1.85. The van der Waals surface area contributed by atoms with Gasteiger partial charge in [-0.05, 0) is 25.5 Å². The number of hydrogen-bond acceptors (Lipinski definition) is 2. The van der Waals surface area contributed by atoms with Gasteiger partial charge in [-0.15, -0.1) is 0 Å². The summed E-state index contributed by atoms with van der Waals surface area (Å²) in [5.41, 5.74) is 0.705. The van der Waals surface area contributed by atoms with Crippen LogP contribution in [0.1, 0.15) is 31.9 Å². The molecule has 0 aromatic carbocycles. The fourth-order valence-corrected chi connectivity index (χ4v) is 1.54. The third kappa shape index (κ3) is 2.77. The number of hydrogen-bond donors (Lipinski definition) is 1. The first-order valence-corrected chi connectivity index (χ1v) is 4.91. The second-order valence-corrected chi connectivity index (χ2v) is 3.87. The van der Waals surface area contributed by atoms with E-state index < -0.39 is 0 Å². The van der Waals surface area contributed by atoms with Crippen molar-refractivity contribution in [3.05, 3.63) is 29.8 Å². The van der Waals surface area contributed by atoms with E-state index in [4.69, 9.17) is 0 Å². The molecule has 1 aromatic heterocycles. The van der Waals surface area contributed by atoms with Gasteiger partial charge >= 0.3 is 0 Å². The van der Waals surface area contributed by atoms with E-state index in [0.717, 1.165) is 6.42 Å². The van der Waals surface area contributed by atoms with Gasteiger partial charge in [0, 0.05) is 17.8 Å². The van der Waals surface area contributed by atoms with Gasteiger partial charge in [0.25, 0.3) is 0 Å². The smallest absolute Gasteiger partial charge is 0.146 e. The van der Waals surface area contributed by atoms with Crippen LogP contribution in [0.5, 0.6) is 0 Å². The van der Waals surface area contributed by atoms with E-state index in [-0.39, 0.29) is 11.9 Å². The van der Waals surface area contributed by atoms with Crippen molar-refractivity contribution in [2.45, 2.75) is 26.3 Å². The molecule has 0 aliphatic heterocycles. The molecule has 0 radical (unpaired) electrons. The lowest BCUT2D eigenvalue weighted by Gasteiger charge is -2.18. The first kappa shape index (κ1) is 11.1. The van der Waals surface area contributed by atoms with Crippen molar-refractivity contribution in [1.29, 1.82) is 0 Å². The number of pyridine rings is 1. The van der Waals surface area contributed by atoms with Crippen molar-refractivity contribution < 1.29 is 4.39 Å². The molecule has 3 heteroatoms. The van der Waals surface area contributed by atoms with Gasteiger partial charge in [-0.25, -0.2) is 4.39 Å². The minimum atomic E-state index is -0.229. The SMILES string of the molecule is CNC(CC(C)C)c1ccncc1F. The maximum Gasteiger partial charge on any atom is 0.146 e. The van der Waals surface area contributed by atoms with Crippen LogP contribution in [0.15, 0.2) is 18.5 Å². The number of halogens is 1. The number of aromatic nitrogens is 1. The molecule has 1 unspecified atom stereocenters. The van der Waals surface area contributed by atoms with E-state index >= 15 is 0 Å². The fourth-order valence-electron chi connectivity index (χ4n) is 1.54. The van der Waals surface area contributed by atoms with Crippen LogP contribution in [0.4, 0.5) is 4.39 Å². The predicted molar refractivity (Wildman–Crippen MR) is 55.5 cm³/mol. The highest BCUT2D eigenvalue weighted by atomic mass is 19.1. The summed E-state index contributed by atoms with van der Waals surface area (Å²) in [4.78, 5) is 3.74. The van der Waals surface area contributed by atoms with Crippen LogP contribution in [0, 0.1) is 11.7 Å². The van der Waals surface area contributed by atoms with Crippen molar-refractivity contribution in [2.24, 2.45) is 5.92 Å². The van der Waals surface area contributed by atoms with Gasteiger partial charge in [-0.2, -0.15) is 0 Å². The van der Waals surface area contributed by atoms with E-state index in [2.05, 4.69) is 24.1 Å². The molecule has 1 N–H and O–H groups in total. The minimum absolute atomic E-state index is 0.0815. The summed E-state index contributed by atoms with van der Waals surface area (Å²) >= 11 is 0. The van der Waals surface area contributed by atoms with Gasteiger partial charge in [0.1, 0.15) is 5.82 Å². The van der Waals surface area contributed by atoms with Crippen LogP contribution in [0.2, 0.25) is 0 Å². The Bertz CT molecular complexity index is 286. The fraction of sp³-hybridized carbons (Fsp3) is 0.545. The highest BCUT2D eigenvalue weighted by Gasteiger charge is 2.14. The second kappa shape index (κ2) is 5.05. The Hall–Kier alpha value is -0.960. The zero-order valence-electron chi connectivity index (χ0n) is 8.92. The first-order valence-electron chi connectivity index (χ1n) is 4.91. The van der Waals surface area contributed by atoms with Gasteiger partial charge in [0.2, 0.25) is 0 Å². The Morgan fingerprint density at radius 3 is 2.71 bits per heavy atom. The van der Waals surface area contributed by atoms with Crippen molar-refractivity contribution in [3.63, 3.8) is 0 Å². The van der Waals surface area contributed by atoms with Gasteiger partial charge in [-0.3, -0.25) is 4.98 Å². The molecular formula is C11H17FN2. The molecule has 1 rings (SSSR count). The maximum absolute atomic E-state index is 13.4. The van der Waals surface area contributed by atoms with Crippen LogP contribution in [0.25, 0.3) is 0 Å². The van der Waals surface area contributed by atoms with Crippen molar-refractivity contribution in [1.82, 2.24) is 10.3 Å². The standard InChI is InChI=1S/C11H17FN2/c1-8(2)6-11(13-3)9-4-5-14-7-10(9)12/h4-5,7-8,11,13H,6H2,1-3H3. The molecule has 0 aliphatic carbocycles. The van der Waals surface area contributed by atoms with Crippen molar-refractivity contribution >= 4 is 0 Å². The van der Waals surface area contributed by atoms with Crippen LogP contribution in [0.3, 0.4) is 0 Å².